The van der Waals surface area contributed by atoms with Crippen LogP contribution in [-0.4, -0.2) is 25.5 Å². The van der Waals surface area contributed by atoms with Gasteiger partial charge in [-0.25, -0.2) is 0 Å². The number of alkyl halides is 3. The Morgan fingerprint density at radius 3 is 2.48 bits per heavy atom. The fourth-order valence-corrected chi connectivity index (χ4v) is 2.71. The SMILES string of the molecule is CCn1ncc(CNC(=O)C(C)n2nc(C(F)(F)F)c(Cl)c2C)c1C. The highest BCUT2D eigenvalue weighted by Gasteiger charge is 2.39. The van der Waals surface area contributed by atoms with Gasteiger partial charge in [-0.2, -0.15) is 23.4 Å². The molecule has 0 spiro atoms. The minimum absolute atomic E-state index is 0.0895. The van der Waals surface area contributed by atoms with Crippen molar-refractivity contribution in [2.24, 2.45) is 0 Å². The molecular formula is C15H19ClF3N5O. The topological polar surface area (TPSA) is 64.7 Å². The van der Waals surface area contributed by atoms with Gasteiger partial charge >= 0.3 is 6.18 Å². The van der Waals surface area contributed by atoms with Crippen LogP contribution in [0.1, 0.15) is 42.5 Å². The maximum absolute atomic E-state index is 12.9. The minimum atomic E-state index is -4.67. The quantitative estimate of drug-likeness (QED) is 0.869. The monoisotopic (exact) mass is 377 g/mol. The van der Waals surface area contributed by atoms with Gasteiger partial charge in [0.2, 0.25) is 5.91 Å². The number of rotatable bonds is 5. The molecule has 10 heteroatoms. The predicted octanol–water partition coefficient (Wildman–Crippen LogP) is 3.27. The first kappa shape index (κ1) is 19.3. The van der Waals surface area contributed by atoms with Crippen molar-refractivity contribution in [3.05, 3.63) is 33.9 Å². The smallest absolute Gasteiger partial charge is 0.350 e. The highest BCUT2D eigenvalue weighted by molar-refractivity contribution is 6.32. The van der Waals surface area contributed by atoms with Gasteiger partial charge in [-0.05, 0) is 27.7 Å². The molecule has 1 unspecified atom stereocenters. The Kier molecular flexibility index (Phi) is 5.46. The summed E-state index contributed by atoms with van der Waals surface area (Å²) in [7, 11) is 0. The first-order valence-corrected chi connectivity index (χ1v) is 8.06. The molecule has 25 heavy (non-hydrogen) atoms. The molecule has 0 aliphatic carbocycles. The molecule has 1 amide bonds. The summed E-state index contributed by atoms with van der Waals surface area (Å²) in [5.74, 6) is -0.459. The Balaban J connectivity index is 2.13. The van der Waals surface area contributed by atoms with Gasteiger partial charge in [0.15, 0.2) is 5.69 Å². The lowest BCUT2D eigenvalue weighted by Gasteiger charge is -2.14. The van der Waals surface area contributed by atoms with E-state index in [0.717, 1.165) is 15.9 Å². The summed E-state index contributed by atoms with van der Waals surface area (Å²) < 4.78 is 41.4. The van der Waals surface area contributed by atoms with Gasteiger partial charge in [-0.1, -0.05) is 11.6 Å². The maximum atomic E-state index is 12.9. The molecule has 2 aromatic rings. The van der Waals surface area contributed by atoms with Crippen LogP contribution in [0.15, 0.2) is 6.20 Å². The molecule has 6 nitrogen and oxygen atoms in total. The van der Waals surface area contributed by atoms with Crippen LogP contribution in [-0.2, 0) is 24.1 Å². The Morgan fingerprint density at radius 2 is 2.00 bits per heavy atom. The average molecular weight is 378 g/mol. The molecule has 2 rings (SSSR count). The summed E-state index contributed by atoms with van der Waals surface area (Å²) in [6.45, 7) is 7.63. The van der Waals surface area contributed by atoms with E-state index in [1.165, 1.54) is 13.8 Å². The van der Waals surface area contributed by atoms with E-state index in [-0.39, 0.29) is 12.2 Å². The van der Waals surface area contributed by atoms with E-state index in [9.17, 15) is 18.0 Å². The minimum Gasteiger partial charge on any atom is -0.350 e. The zero-order valence-corrected chi connectivity index (χ0v) is 15.0. The van der Waals surface area contributed by atoms with Gasteiger partial charge in [-0.3, -0.25) is 14.2 Å². The van der Waals surface area contributed by atoms with E-state index in [0.29, 0.717) is 6.54 Å². The zero-order chi connectivity index (χ0) is 18.9. The summed E-state index contributed by atoms with van der Waals surface area (Å²) in [6.07, 6.45) is -3.02. The number of hydrogen-bond acceptors (Lipinski definition) is 3. The number of nitrogens with one attached hydrogen (secondary N) is 1. The van der Waals surface area contributed by atoms with Crippen LogP contribution >= 0.6 is 11.6 Å². The molecule has 0 aliphatic heterocycles. The lowest BCUT2D eigenvalue weighted by Crippen LogP contribution is -2.31. The molecule has 2 aromatic heterocycles. The Labute approximate surface area is 147 Å². The summed E-state index contributed by atoms with van der Waals surface area (Å²) >= 11 is 5.71. The molecule has 1 atom stereocenters. The van der Waals surface area contributed by atoms with E-state index in [4.69, 9.17) is 11.6 Å². The fourth-order valence-electron chi connectivity index (χ4n) is 2.48. The second-order valence-corrected chi connectivity index (χ2v) is 6.03. The van der Waals surface area contributed by atoms with Crippen molar-refractivity contribution in [3.63, 3.8) is 0 Å². The number of carbonyl (C=O) groups excluding carboxylic acids is 1. The van der Waals surface area contributed by atoms with Crippen LogP contribution in [0.5, 0.6) is 0 Å². The van der Waals surface area contributed by atoms with Crippen LogP contribution in [0.2, 0.25) is 5.02 Å². The molecule has 0 aromatic carbocycles. The van der Waals surface area contributed by atoms with E-state index in [1.807, 2.05) is 13.8 Å². The molecule has 2 heterocycles. The molecular weight excluding hydrogens is 359 g/mol. The largest absolute Gasteiger partial charge is 0.436 e. The standard InChI is InChI=1S/C15H19ClF3N5O/c1-5-23-8(2)11(7-21-23)6-20-14(25)10(4)24-9(3)12(16)13(22-24)15(17,18)19/h7,10H,5-6H2,1-4H3,(H,20,25). The molecule has 0 fully saturated rings. The first-order chi connectivity index (χ1) is 11.6. The highest BCUT2D eigenvalue weighted by Crippen LogP contribution is 2.36. The number of carbonyl (C=O) groups is 1. The van der Waals surface area contributed by atoms with Gasteiger partial charge in [0, 0.05) is 24.3 Å². The summed E-state index contributed by atoms with van der Waals surface area (Å²) in [5.41, 5.74) is 0.666. The third-order valence-corrected chi connectivity index (χ3v) is 4.50. The van der Waals surface area contributed by atoms with Gasteiger partial charge in [0.1, 0.15) is 6.04 Å². The van der Waals surface area contributed by atoms with Crippen molar-refractivity contribution < 1.29 is 18.0 Å². The normalized spacial score (nSPS) is 13.1. The van der Waals surface area contributed by atoms with E-state index in [1.54, 1.807) is 10.9 Å². The second-order valence-electron chi connectivity index (χ2n) is 5.66. The number of nitrogens with zero attached hydrogens (tertiary/aromatic N) is 4. The Hall–Kier alpha value is -2.03. The Morgan fingerprint density at radius 1 is 1.36 bits per heavy atom. The predicted molar refractivity (Wildman–Crippen MR) is 86.2 cm³/mol. The third kappa shape index (κ3) is 3.81. The van der Waals surface area contributed by atoms with Crippen molar-refractivity contribution in [1.29, 1.82) is 0 Å². The molecule has 138 valence electrons. The van der Waals surface area contributed by atoms with Crippen LogP contribution in [0.4, 0.5) is 13.2 Å². The Bertz CT molecular complexity index is 781. The lowest BCUT2D eigenvalue weighted by atomic mass is 10.2. The van der Waals surface area contributed by atoms with Gasteiger partial charge in [0.25, 0.3) is 0 Å². The van der Waals surface area contributed by atoms with Crippen molar-refractivity contribution in [2.45, 2.75) is 53.0 Å². The van der Waals surface area contributed by atoms with Crippen LogP contribution in [0.3, 0.4) is 0 Å². The molecule has 0 radical (unpaired) electrons. The maximum Gasteiger partial charge on any atom is 0.436 e. The second kappa shape index (κ2) is 7.07. The van der Waals surface area contributed by atoms with E-state index >= 15 is 0 Å². The lowest BCUT2D eigenvalue weighted by molar-refractivity contribution is -0.141. The van der Waals surface area contributed by atoms with Crippen LogP contribution in [0.25, 0.3) is 0 Å². The van der Waals surface area contributed by atoms with Crippen molar-refractivity contribution in [3.8, 4) is 0 Å². The molecule has 0 saturated heterocycles. The fraction of sp³-hybridized carbons (Fsp3) is 0.533. The third-order valence-electron chi connectivity index (χ3n) is 4.05. The van der Waals surface area contributed by atoms with E-state index in [2.05, 4.69) is 15.5 Å². The van der Waals surface area contributed by atoms with Crippen molar-refractivity contribution in [2.75, 3.05) is 0 Å². The number of aromatic nitrogens is 4. The van der Waals surface area contributed by atoms with Crippen molar-refractivity contribution in [1.82, 2.24) is 24.9 Å². The first-order valence-electron chi connectivity index (χ1n) is 7.68. The van der Waals surface area contributed by atoms with Gasteiger partial charge in [0.05, 0.1) is 16.9 Å². The van der Waals surface area contributed by atoms with Gasteiger partial charge in [-0.15, -0.1) is 0 Å². The average Bonchev–Trinajstić information content (AvgIpc) is 3.04. The molecule has 1 N–H and O–H groups in total. The number of hydrogen-bond donors (Lipinski definition) is 1. The van der Waals surface area contributed by atoms with Crippen LogP contribution in [0, 0.1) is 13.8 Å². The van der Waals surface area contributed by atoms with E-state index < -0.39 is 28.8 Å². The highest BCUT2D eigenvalue weighted by atomic mass is 35.5. The number of halogens is 4. The summed E-state index contributed by atoms with van der Waals surface area (Å²) in [5, 5.41) is 9.85. The van der Waals surface area contributed by atoms with Crippen molar-refractivity contribution >= 4 is 17.5 Å². The van der Waals surface area contributed by atoms with Crippen LogP contribution < -0.4 is 5.32 Å². The number of amides is 1. The number of aryl methyl sites for hydroxylation is 1. The molecule has 0 bridgehead atoms. The molecule has 0 saturated carbocycles. The molecule has 0 aliphatic rings. The summed E-state index contributed by atoms with van der Waals surface area (Å²) in [6, 6.07) is -0.935. The summed E-state index contributed by atoms with van der Waals surface area (Å²) in [4.78, 5) is 12.3. The zero-order valence-electron chi connectivity index (χ0n) is 14.3. The van der Waals surface area contributed by atoms with Gasteiger partial charge < -0.3 is 5.32 Å².